The van der Waals surface area contributed by atoms with Crippen LogP contribution < -0.4 is 5.73 Å². The Morgan fingerprint density at radius 2 is 1.76 bits per heavy atom. The molecule has 1 fully saturated rings. The first-order chi connectivity index (χ1) is 11.5. The smallest absolute Gasteiger partial charge is 0.475 e. The number of rotatable bonds is 7. The zero-order chi connectivity index (χ0) is 19.6. The van der Waals surface area contributed by atoms with Crippen molar-refractivity contribution in [2.45, 2.75) is 63.0 Å². The van der Waals surface area contributed by atoms with Crippen LogP contribution in [0.3, 0.4) is 0 Å². The van der Waals surface area contributed by atoms with Crippen LogP contribution in [0.25, 0.3) is 0 Å². The van der Waals surface area contributed by atoms with Crippen LogP contribution in [0.1, 0.15) is 38.5 Å². The fourth-order valence-corrected chi connectivity index (χ4v) is 2.68. The number of hydroxylamine groups is 2. The zero-order valence-corrected chi connectivity index (χ0v) is 14.6. The molecule has 0 aromatic carbocycles. The van der Waals surface area contributed by atoms with Gasteiger partial charge in [-0.15, -0.1) is 0 Å². The van der Waals surface area contributed by atoms with E-state index in [-0.39, 0.29) is 12.6 Å². The Morgan fingerprint density at radius 1 is 1.28 bits per heavy atom. The number of halogens is 3. The topological polar surface area (TPSA) is 116 Å². The lowest BCUT2D eigenvalue weighted by molar-refractivity contribution is -0.192. The summed E-state index contributed by atoms with van der Waals surface area (Å²) in [5, 5.41) is 28.5. The first kappa shape index (κ1) is 24.1. The molecule has 5 N–H and O–H groups in total. The number of hydrogen-bond donors (Lipinski definition) is 4. The molecule has 3 atom stereocenters. The van der Waals surface area contributed by atoms with Crippen LogP contribution in [0.2, 0.25) is 0 Å². The molecular weight excluding hydrogens is 345 g/mol. The first-order valence-corrected chi connectivity index (χ1v) is 8.16. The Kier molecular flexibility index (Phi) is 11.2. The summed E-state index contributed by atoms with van der Waals surface area (Å²) < 4.78 is 31.7. The van der Waals surface area contributed by atoms with Gasteiger partial charge in [0.2, 0.25) is 0 Å². The second kappa shape index (κ2) is 11.6. The number of aliphatic hydroxyl groups is 2. The molecule has 25 heavy (non-hydrogen) atoms. The van der Waals surface area contributed by atoms with Crippen molar-refractivity contribution >= 4 is 5.97 Å². The fraction of sp³-hybridized carbons (Fsp3) is 0.933. The minimum atomic E-state index is -5.08. The molecule has 0 aromatic heterocycles. The molecule has 150 valence electrons. The van der Waals surface area contributed by atoms with Crippen molar-refractivity contribution in [2.24, 2.45) is 11.7 Å². The summed E-state index contributed by atoms with van der Waals surface area (Å²) in [6.45, 7) is 0.260. The van der Waals surface area contributed by atoms with Gasteiger partial charge in [-0.25, -0.2) is 4.79 Å². The van der Waals surface area contributed by atoms with Gasteiger partial charge in [0, 0.05) is 13.1 Å². The third-order valence-electron chi connectivity index (χ3n) is 4.16. The summed E-state index contributed by atoms with van der Waals surface area (Å²) >= 11 is 0. The van der Waals surface area contributed by atoms with Gasteiger partial charge in [0.05, 0.1) is 25.9 Å². The van der Waals surface area contributed by atoms with E-state index < -0.39 is 24.4 Å². The number of carboxylic acid groups (broad SMARTS) is 1. The number of carbonyl (C=O) groups is 1. The van der Waals surface area contributed by atoms with Crippen molar-refractivity contribution < 1.29 is 38.1 Å². The molecule has 1 aliphatic rings. The SMILES string of the molecule is CON(C)C[C@H](O)[C@H](O)[C@@H](N)CC1CCCCC1.O=C(O)C(F)(F)F. The molecule has 0 aliphatic heterocycles. The fourth-order valence-electron chi connectivity index (χ4n) is 2.68. The predicted octanol–water partition coefficient (Wildman–Crippen LogP) is 1.13. The second-order valence-electron chi connectivity index (χ2n) is 6.26. The van der Waals surface area contributed by atoms with E-state index in [0.29, 0.717) is 5.92 Å². The maximum absolute atomic E-state index is 10.6. The van der Waals surface area contributed by atoms with Gasteiger partial charge in [0.25, 0.3) is 0 Å². The highest BCUT2D eigenvalue weighted by Crippen LogP contribution is 2.27. The number of alkyl halides is 3. The Balaban J connectivity index is 0.000000697. The predicted molar refractivity (Wildman–Crippen MR) is 84.5 cm³/mol. The van der Waals surface area contributed by atoms with Crippen molar-refractivity contribution in [3.05, 3.63) is 0 Å². The van der Waals surface area contributed by atoms with Crippen LogP contribution >= 0.6 is 0 Å². The summed E-state index contributed by atoms with van der Waals surface area (Å²) in [4.78, 5) is 13.8. The van der Waals surface area contributed by atoms with Crippen LogP contribution in [0.4, 0.5) is 13.2 Å². The minimum Gasteiger partial charge on any atom is -0.475 e. The Bertz CT molecular complexity index is 379. The highest BCUT2D eigenvalue weighted by atomic mass is 19.4. The molecule has 0 amide bonds. The van der Waals surface area contributed by atoms with Gasteiger partial charge in [-0.05, 0) is 12.3 Å². The van der Waals surface area contributed by atoms with Crippen molar-refractivity contribution in [2.75, 3.05) is 20.7 Å². The van der Waals surface area contributed by atoms with Crippen molar-refractivity contribution in [3.8, 4) is 0 Å². The molecular formula is C15H29F3N2O5. The van der Waals surface area contributed by atoms with Crippen molar-refractivity contribution in [1.82, 2.24) is 5.06 Å². The molecule has 1 saturated carbocycles. The largest absolute Gasteiger partial charge is 0.490 e. The summed E-state index contributed by atoms with van der Waals surface area (Å²) in [5.74, 6) is -2.15. The van der Waals surface area contributed by atoms with Crippen LogP contribution in [0.5, 0.6) is 0 Å². The first-order valence-electron chi connectivity index (χ1n) is 8.16. The molecule has 7 nitrogen and oxygen atoms in total. The average Bonchev–Trinajstić information content (AvgIpc) is 2.54. The third kappa shape index (κ3) is 10.6. The Morgan fingerprint density at radius 3 is 2.16 bits per heavy atom. The second-order valence-corrected chi connectivity index (χ2v) is 6.26. The molecule has 0 radical (unpaired) electrons. The molecule has 1 rings (SSSR count). The van der Waals surface area contributed by atoms with Crippen LogP contribution in [0, 0.1) is 5.92 Å². The summed E-state index contributed by atoms with van der Waals surface area (Å²) in [6.07, 6.45) is 0.219. The zero-order valence-electron chi connectivity index (χ0n) is 14.6. The Hall–Kier alpha value is -0.940. The maximum Gasteiger partial charge on any atom is 0.490 e. The van der Waals surface area contributed by atoms with Gasteiger partial charge in [0.1, 0.15) is 0 Å². The monoisotopic (exact) mass is 374 g/mol. The van der Waals surface area contributed by atoms with E-state index in [1.807, 2.05) is 0 Å². The summed E-state index contributed by atoms with van der Waals surface area (Å²) in [6, 6.07) is -0.353. The van der Waals surface area contributed by atoms with Crippen LogP contribution in [-0.4, -0.2) is 71.5 Å². The number of aliphatic carboxylic acids is 1. The van der Waals surface area contributed by atoms with E-state index in [1.54, 1.807) is 7.05 Å². The van der Waals surface area contributed by atoms with Crippen LogP contribution in [-0.2, 0) is 9.63 Å². The van der Waals surface area contributed by atoms with Crippen molar-refractivity contribution in [1.29, 1.82) is 0 Å². The van der Waals surface area contributed by atoms with E-state index in [4.69, 9.17) is 20.5 Å². The lowest BCUT2D eigenvalue weighted by Crippen LogP contribution is -2.48. The molecule has 0 saturated heterocycles. The van der Waals surface area contributed by atoms with E-state index >= 15 is 0 Å². The maximum atomic E-state index is 10.6. The van der Waals surface area contributed by atoms with Gasteiger partial charge in [0.15, 0.2) is 0 Å². The lowest BCUT2D eigenvalue weighted by atomic mass is 9.83. The number of carboxylic acids is 1. The highest BCUT2D eigenvalue weighted by Gasteiger charge is 2.38. The van der Waals surface area contributed by atoms with Gasteiger partial charge in [-0.1, -0.05) is 32.1 Å². The molecule has 1 aliphatic carbocycles. The highest BCUT2D eigenvalue weighted by molar-refractivity contribution is 5.73. The quantitative estimate of drug-likeness (QED) is 0.494. The number of hydrogen-bond acceptors (Lipinski definition) is 6. The molecule has 10 heteroatoms. The number of nitrogens with two attached hydrogens (primary N) is 1. The lowest BCUT2D eigenvalue weighted by Gasteiger charge is -2.30. The summed E-state index contributed by atoms with van der Waals surface area (Å²) in [7, 11) is 3.24. The minimum absolute atomic E-state index is 0.260. The van der Waals surface area contributed by atoms with Gasteiger partial charge in [-0.2, -0.15) is 18.2 Å². The standard InChI is InChI=1S/C13H28N2O3.C2HF3O2/c1-15(18-2)9-12(16)13(17)11(14)8-10-6-4-3-5-7-10;3-2(4,5)1(6)7/h10-13,16-17H,3-9,14H2,1-2H3;(H,6,7)/t11-,12-,13+;/m0./s1. The average molecular weight is 374 g/mol. The van der Waals surface area contributed by atoms with Gasteiger partial charge < -0.3 is 25.9 Å². The van der Waals surface area contributed by atoms with E-state index in [0.717, 1.165) is 6.42 Å². The Labute approximate surface area is 145 Å². The number of nitrogens with zero attached hydrogens (tertiary/aromatic N) is 1. The van der Waals surface area contributed by atoms with Gasteiger partial charge >= 0.3 is 12.1 Å². The number of aliphatic hydroxyl groups excluding tert-OH is 2. The van der Waals surface area contributed by atoms with E-state index in [1.165, 1.54) is 44.3 Å². The summed E-state index contributed by atoms with van der Waals surface area (Å²) in [5.41, 5.74) is 6.00. The molecule has 0 spiro atoms. The molecule has 0 bridgehead atoms. The molecule has 0 heterocycles. The van der Waals surface area contributed by atoms with Crippen molar-refractivity contribution in [3.63, 3.8) is 0 Å². The molecule has 0 aromatic rings. The van der Waals surface area contributed by atoms with E-state index in [2.05, 4.69) is 0 Å². The molecule has 0 unspecified atom stereocenters. The number of likely N-dealkylation sites (N-methyl/N-ethyl adjacent to an activating group) is 1. The third-order valence-corrected chi connectivity index (χ3v) is 4.16. The normalized spacial score (nSPS) is 19.7. The van der Waals surface area contributed by atoms with Crippen LogP contribution in [0.15, 0.2) is 0 Å². The van der Waals surface area contributed by atoms with Gasteiger partial charge in [-0.3, -0.25) is 0 Å². The van der Waals surface area contributed by atoms with E-state index in [9.17, 15) is 23.4 Å².